The molecule has 0 saturated heterocycles. The molecule has 0 aliphatic rings. The number of hydrogen-bond acceptors (Lipinski definition) is 4. The number of benzene rings is 1. The summed E-state index contributed by atoms with van der Waals surface area (Å²) in [4.78, 5) is 0.871. The van der Waals surface area contributed by atoms with Crippen molar-refractivity contribution in [3.8, 4) is 0 Å². The van der Waals surface area contributed by atoms with Crippen LogP contribution in [0.3, 0.4) is 0 Å². The summed E-state index contributed by atoms with van der Waals surface area (Å²) < 4.78 is 52.8. The minimum absolute atomic E-state index is 0.0600. The molecule has 1 heterocycles. The second-order valence-electron chi connectivity index (χ2n) is 4.00. The van der Waals surface area contributed by atoms with Gasteiger partial charge in [0.25, 0.3) is 10.0 Å². The molecule has 0 aliphatic carbocycles. The van der Waals surface area contributed by atoms with E-state index in [4.69, 9.17) is 5.11 Å². The first-order valence-corrected chi connectivity index (χ1v) is 7.82. The molecular weight excluding hydrogens is 308 g/mol. The van der Waals surface area contributed by atoms with Gasteiger partial charge in [0.05, 0.1) is 12.3 Å². The number of aliphatic hydroxyl groups is 1. The van der Waals surface area contributed by atoms with Crippen LogP contribution in [-0.2, 0) is 16.6 Å². The van der Waals surface area contributed by atoms with Crippen molar-refractivity contribution in [3.05, 3.63) is 45.7 Å². The molecule has 0 fully saturated rings. The lowest BCUT2D eigenvalue weighted by molar-refractivity contribution is 0.285. The molecule has 0 radical (unpaired) electrons. The van der Waals surface area contributed by atoms with Crippen LogP contribution >= 0.6 is 11.3 Å². The normalized spacial score (nSPS) is 11.6. The number of rotatable bonds is 4. The Morgan fingerprint density at radius 2 is 2.05 bits per heavy atom. The standard InChI is InChI=1S/C12H11F2NO3S2/c1-7-11(5-8(6-16)19-7)20(17,18)15-10-4-2-3-9(13)12(10)14/h2-5,15-16H,6H2,1H3. The molecule has 2 rings (SSSR count). The van der Waals surface area contributed by atoms with Crippen molar-refractivity contribution in [3.63, 3.8) is 0 Å². The molecule has 1 aromatic carbocycles. The van der Waals surface area contributed by atoms with E-state index in [0.717, 1.165) is 23.5 Å². The van der Waals surface area contributed by atoms with E-state index in [2.05, 4.69) is 0 Å². The summed E-state index contributed by atoms with van der Waals surface area (Å²) in [7, 11) is -4.03. The lowest BCUT2D eigenvalue weighted by atomic mass is 10.3. The highest BCUT2D eigenvalue weighted by Gasteiger charge is 2.22. The number of aryl methyl sites for hydroxylation is 1. The molecular formula is C12H11F2NO3S2. The molecule has 0 bridgehead atoms. The minimum atomic E-state index is -4.03. The number of nitrogens with one attached hydrogen (secondary N) is 1. The smallest absolute Gasteiger partial charge is 0.263 e. The zero-order chi connectivity index (χ0) is 14.9. The number of thiophene rings is 1. The molecule has 0 amide bonds. The maximum Gasteiger partial charge on any atom is 0.263 e. The maximum absolute atomic E-state index is 13.5. The highest BCUT2D eigenvalue weighted by Crippen LogP contribution is 2.28. The van der Waals surface area contributed by atoms with Crippen LogP contribution in [0.5, 0.6) is 0 Å². The number of halogens is 2. The van der Waals surface area contributed by atoms with E-state index in [-0.39, 0.29) is 11.5 Å². The van der Waals surface area contributed by atoms with Gasteiger partial charge < -0.3 is 5.11 Å². The van der Waals surface area contributed by atoms with Gasteiger partial charge in [0, 0.05) is 9.75 Å². The van der Waals surface area contributed by atoms with E-state index in [0.29, 0.717) is 9.75 Å². The first kappa shape index (κ1) is 14.9. The van der Waals surface area contributed by atoms with Gasteiger partial charge in [-0.15, -0.1) is 11.3 Å². The molecule has 0 saturated carbocycles. The van der Waals surface area contributed by atoms with E-state index in [1.807, 2.05) is 4.72 Å². The third-order valence-corrected chi connectivity index (χ3v) is 5.22. The van der Waals surface area contributed by atoms with Gasteiger partial charge >= 0.3 is 0 Å². The van der Waals surface area contributed by atoms with Crippen molar-refractivity contribution in [2.24, 2.45) is 0 Å². The molecule has 2 N–H and O–H groups in total. The van der Waals surface area contributed by atoms with Crippen LogP contribution in [0, 0.1) is 18.6 Å². The third kappa shape index (κ3) is 2.82. The Morgan fingerprint density at radius 1 is 1.35 bits per heavy atom. The molecule has 20 heavy (non-hydrogen) atoms. The summed E-state index contributed by atoms with van der Waals surface area (Å²) in [5, 5.41) is 9.00. The number of aliphatic hydroxyl groups excluding tert-OH is 1. The zero-order valence-corrected chi connectivity index (χ0v) is 12.0. The molecule has 0 spiro atoms. The van der Waals surface area contributed by atoms with E-state index < -0.39 is 27.3 Å². The highest BCUT2D eigenvalue weighted by atomic mass is 32.2. The lowest BCUT2D eigenvalue weighted by Crippen LogP contribution is -2.14. The first-order valence-electron chi connectivity index (χ1n) is 5.52. The predicted molar refractivity (Wildman–Crippen MR) is 72.1 cm³/mol. The average Bonchev–Trinajstić information content (AvgIpc) is 2.77. The van der Waals surface area contributed by atoms with Gasteiger partial charge in [-0.25, -0.2) is 17.2 Å². The van der Waals surface area contributed by atoms with E-state index in [9.17, 15) is 17.2 Å². The van der Waals surface area contributed by atoms with Crippen molar-refractivity contribution in [1.82, 2.24) is 0 Å². The zero-order valence-electron chi connectivity index (χ0n) is 10.4. The second kappa shape index (κ2) is 5.47. The Kier molecular flexibility index (Phi) is 4.07. The molecule has 4 nitrogen and oxygen atoms in total. The quantitative estimate of drug-likeness (QED) is 0.910. The van der Waals surface area contributed by atoms with Crippen molar-refractivity contribution in [1.29, 1.82) is 0 Å². The lowest BCUT2D eigenvalue weighted by Gasteiger charge is -2.08. The average molecular weight is 319 g/mol. The van der Waals surface area contributed by atoms with Crippen LogP contribution < -0.4 is 4.72 Å². The number of sulfonamides is 1. The fourth-order valence-electron chi connectivity index (χ4n) is 1.65. The van der Waals surface area contributed by atoms with Crippen LogP contribution in [0.25, 0.3) is 0 Å². The summed E-state index contributed by atoms with van der Waals surface area (Å²) in [5.41, 5.74) is -0.457. The summed E-state index contributed by atoms with van der Waals surface area (Å²) >= 11 is 1.12. The summed E-state index contributed by atoms with van der Waals surface area (Å²) in [6.07, 6.45) is 0. The van der Waals surface area contributed by atoms with Crippen LogP contribution in [0.1, 0.15) is 9.75 Å². The Labute approximate surface area is 118 Å². The van der Waals surface area contributed by atoms with Crippen molar-refractivity contribution in [2.45, 2.75) is 18.4 Å². The number of anilines is 1. The molecule has 1 aromatic heterocycles. The Balaban J connectivity index is 2.40. The monoisotopic (exact) mass is 319 g/mol. The molecule has 0 aliphatic heterocycles. The van der Waals surface area contributed by atoms with Gasteiger partial charge in [0.1, 0.15) is 4.90 Å². The van der Waals surface area contributed by atoms with Gasteiger partial charge in [-0.2, -0.15) is 0 Å². The van der Waals surface area contributed by atoms with Gasteiger partial charge in [-0.05, 0) is 25.1 Å². The number of hydrogen-bond donors (Lipinski definition) is 2. The van der Waals surface area contributed by atoms with E-state index >= 15 is 0 Å². The Morgan fingerprint density at radius 3 is 2.65 bits per heavy atom. The van der Waals surface area contributed by atoms with Crippen LogP contribution in [-0.4, -0.2) is 13.5 Å². The van der Waals surface area contributed by atoms with E-state index in [1.165, 1.54) is 12.1 Å². The van der Waals surface area contributed by atoms with Crippen LogP contribution in [0.15, 0.2) is 29.2 Å². The topological polar surface area (TPSA) is 66.4 Å². The summed E-state index contributed by atoms with van der Waals surface area (Å²) in [6, 6.07) is 4.53. The van der Waals surface area contributed by atoms with Crippen molar-refractivity contribution >= 4 is 27.0 Å². The first-order chi connectivity index (χ1) is 9.35. The van der Waals surface area contributed by atoms with Gasteiger partial charge in [0.15, 0.2) is 11.6 Å². The third-order valence-electron chi connectivity index (χ3n) is 2.56. The minimum Gasteiger partial charge on any atom is -0.391 e. The Bertz CT molecular complexity index is 741. The van der Waals surface area contributed by atoms with Gasteiger partial charge in [-0.1, -0.05) is 6.07 Å². The second-order valence-corrected chi connectivity index (χ2v) is 6.99. The highest BCUT2D eigenvalue weighted by molar-refractivity contribution is 7.93. The molecule has 0 atom stereocenters. The van der Waals surface area contributed by atoms with Crippen molar-refractivity contribution in [2.75, 3.05) is 4.72 Å². The fourth-order valence-corrected chi connectivity index (χ4v) is 4.21. The summed E-state index contributed by atoms with van der Waals surface area (Å²) in [5.74, 6) is -2.39. The fraction of sp³-hybridized carbons (Fsp3) is 0.167. The molecule has 108 valence electrons. The SMILES string of the molecule is Cc1sc(CO)cc1S(=O)(=O)Nc1cccc(F)c1F. The molecule has 2 aromatic rings. The van der Waals surface area contributed by atoms with Gasteiger partial charge in [0.2, 0.25) is 0 Å². The van der Waals surface area contributed by atoms with Gasteiger partial charge in [-0.3, -0.25) is 4.72 Å². The summed E-state index contributed by atoms with van der Waals surface area (Å²) in [6.45, 7) is 1.29. The van der Waals surface area contributed by atoms with Crippen molar-refractivity contribution < 1.29 is 22.3 Å². The maximum atomic E-state index is 13.5. The predicted octanol–water partition coefficient (Wildman–Crippen LogP) is 2.63. The molecule has 0 unspecified atom stereocenters. The Hall–Kier alpha value is -1.51. The largest absolute Gasteiger partial charge is 0.391 e. The van der Waals surface area contributed by atoms with Crippen LogP contribution in [0.4, 0.5) is 14.5 Å². The van der Waals surface area contributed by atoms with Crippen LogP contribution in [0.2, 0.25) is 0 Å². The van der Waals surface area contributed by atoms with E-state index in [1.54, 1.807) is 6.92 Å². The molecule has 8 heteroatoms.